The molecule has 2 aliphatic carbocycles. The van der Waals surface area contributed by atoms with E-state index in [2.05, 4.69) is 43.7 Å². The van der Waals surface area contributed by atoms with Gasteiger partial charge in [-0.15, -0.1) is 0 Å². The van der Waals surface area contributed by atoms with Gasteiger partial charge in [0.1, 0.15) is 0 Å². The monoisotopic (exact) mass is 380 g/mol. The summed E-state index contributed by atoms with van der Waals surface area (Å²) >= 11 is 0. The van der Waals surface area contributed by atoms with Crippen LogP contribution in [-0.4, -0.2) is 0 Å². The van der Waals surface area contributed by atoms with Crippen molar-refractivity contribution in [2.75, 3.05) is 0 Å². The summed E-state index contributed by atoms with van der Waals surface area (Å²) < 4.78 is 0. The van der Waals surface area contributed by atoms with E-state index in [4.69, 9.17) is 0 Å². The molecule has 1 heteroatoms. The van der Waals surface area contributed by atoms with Gasteiger partial charge in [0, 0.05) is 26.5 Å². The predicted octanol–water partition coefficient (Wildman–Crippen LogP) is 4.38. The third-order valence-corrected chi connectivity index (χ3v) is 2.16. The summed E-state index contributed by atoms with van der Waals surface area (Å²) in [7, 11) is 0. The zero-order valence-corrected chi connectivity index (χ0v) is 11.7. The van der Waals surface area contributed by atoms with Gasteiger partial charge in [0.15, 0.2) is 0 Å². The number of hydrogen-bond donors (Lipinski definition) is 0. The van der Waals surface area contributed by atoms with Crippen LogP contribution < -0.4 is 0 Å². The summed E-state index contributed by atoms with van der Waals surface area (Å²) in [4.78, 5) is 0. The summed E-state index contributed by atoms with van der Waals surface area (Å²) in [6, 6.07) is 0. The largest absolute Gasteiger partial charge is 0.0882 e. The summed E-state index contributed by atoms with van der Waals surface area (Å²) in [6.07, 6.45) is 22.2. The second-order valence-electron chi connectivity index (χ2n) is 3.56. The maximum atomic E-state index is 2.27. The Morgan fingerprint density at radius 1 is 0.800 bits per heavy atom. The molecule has 0 amide bonds. The smallest absolute Gasteiger partial charge is 0.00806 e. The Hall–Kier alpha value is -0.391. The van der Waals surface area contributed by atoms with Crippen LogP contribution in [0.1, 0.15) is 32.6 Å². The zero-order chi connectivity index (χ0) is 10.1. The van der Waals surface area contributed by atoms with Crippen molar-refractivity contribution >= 4 is 0 Å². The molecule has 2 radical (unpaired) electrons. The summed E-state index contributed by atoms with van der Waals surface area (Å²) in [5, 5.41) is 0. The van der Waals surface area contributed by atoms with Crippen LogP contribution in [-0.2, 0) is 20.1 Å². The van der Waals surface area contributed by atoms with E-state index in [0.29, 0.717) is 0 Å². The molecule has 0 aromatic carbocycles. The van der Waals surface area contributed by atoms with Gasteiger partial charge in [-0.05, 0) is 32.6 Å². The molecule has 0 aromatic rings. The molecule has 0 atom stereocenters. The van der Waals surface area contributed by atoms with Crippen molar-refractivity contribution in [1.29, 1.82) is 0 Å². The Morgan fingerprint density at radius 3 is 1.47 bits per heavy atom. The van der Waals surface area contributed by atoms with Crippen molar-refractivity contribution in [3.8, 4) is 0 Å². The molecule has 2 aliphatic rings. The first-order valence-electron chi connectivity index (χ1n) is 5.38. The third-order valence-electron chi connectivity index (χ3n) is 2.16. The van der Waals surface area contributed by atoms with E-state index in [1.54, 1.807) is 0 Å². The van der Waals surface area contributed by atoms with Gasteiger partial charge in [-0.1, -0.05) is 48.1 Å². The molecule has 0 aliphatic heterocycles. The van der Waals surface area contributed by atoms with Gasteiger partial charge in [0.2, 0.25) is 0 Å². The van der Waals surface area contributed by atoms with E-state index in [9.17, 15) is 0 Å². The molecule has 2 rings (SSSR count). The van der Waals surface area contributed by atoms with Crippen LogP contribution in [0.3, 0.4) is 0 Å². The fraction of sp³-hybridized carbons (Fsp3) is 0.357. The molecule has 84 valence electrons. The van der Waals surface area contributed by atoms with Crippen molar-refractivity contribution in [2.45, 2.75) is 32.6 Å². The van der Waals surface area contributed by atoms with E-state index < -0.39 is 0 Å². The van der Waals surface area contributed by atoms with Crippen LogP contribution >= 0.6 is 0 Å². The molecule has 15 heavy (non-hydrogen) atoms. The normalized spacial score (nSPS) is 22.3. The fourth-order valence-corrected chi connectivity index (χ4v) is 1.33. The predicted molar refractivity (Wildman–Crippen MR) is 63.9 cm³/mol. The molecule has 0 saturated heterocycles. The maximum absolute atomic E-state index is 2.27. The Bertz CT molecular complexity index is 231. The molecular weight excluding hydrogens is 360 g/mol. The molecule has 0 unspecified atom stereocenters. The van der Waals surface area contributed by atoms with Gasteiger partial charge < -0.3 is 0 Å². The summed E-state index contributed by atoms with van der Waals surface area (Å²) in [5.74, 6) is 0. The zero-order valence-electron chi connectivity index (χ0n) is 9.28. The van der Waals surface area contributed by atoms with Crippen molar-refractivity contribution < 1.29 is 20.1 Å². The Labute approximate surface area is 107 Å². The maximum Gasteiger partial charge on any atom is 0.00806 e. The van der Waals surface area contributed by atoms with Gasteiger partial charge in [-0.3, -0.25) is 0 Å². The van der Waals surface area contributed by atoms with E-state index >= 15 is 0 Å². The Morgan fingerprint density at radius 2 is 1.27 bits per heavy atom. The third kappa shape index (κ3) is 8.59. The van der Waals surface area contributed by atoms with Crippen LogP contribution in [0.5, 0.6) is 0 Å². The molecule has 0 fully saturated rings. The van der Waals surface area contributed by atoms with Crippen LogP contribution in [0.25, 0.3) is 0 Å². The summed E-state index contributed by atoms with van der Waals surface area (Å²) in [6.45, 7) is 2.08. The van der Waals surface area contributed by atoms with Crippen LogP contribution in [0.15, 0.2) is 48.1 Å². The second kappa shape index (κ2) is 10.1. The number of hydrogen-bond acceptors (Lipinski definition) is 0. The summed E-state index contributed by atoms with van der Waals surface area (Å²) in [5.41, 5.74) is 1.34. The van der Waals surface area contributed by atoms with Gasteiger partial charge in [0.05, 0.1) is 0 Å². The van der Waals surface area contributed by atoms with Crippen LogP contribution in [0, 0.1) is 6.42 Å². The quantitative estimate of drug-likeness (QED) is 0.548. The standard InChI is InChI=1S/C8H12.C6H7.Ir/c1-2-4-6-8-7-5-3-1;1-6-4-2-3-5-6;/h1-2,7-8H,3-6H2;2-5H,1H3;/b2-1-,8-7-;;. The van der Waals surface area contributed by atoms with E-state index in [-0.39, 0.29) is 20.1 Å². The molecule has 0 heterocycles. The van der Waals surface area contributed by atoms with Gasteiger partial charge in [-0.2, -0.15) is 0 Å². The minimum atomic E-state index is 0. The minimum Gasteiger partial charge on any atom is -0.0882 e. The molecule has 0 saturated carbocycles. The van der Waals surface area contributed by atoms with Crippen LogP contribution in [0.2, 0.25) is 0 Å². The topological polar surface area (TPSA) is 0 Å². The van der Waals surface area contributed by atoms with Crippen molar-refractivity contribution in [3.05, 3.63) is 54.5 Å². The molecule has 0 N–H and O–H groups in total. The average Bonchev–Trinajstić information content (AvgIpc) is 2.55. The van der Waals surface area contributed by atoms with Crippen LogP contribution in [0.4, 0.5) is 0 Å². The second-order valence-corrected chi connectivity index (χ2v) is 3.56. The number of rotatable bonds is 0. The van der Waals surface area contributed by atoms with Crippen molar-refractivity contribution in [1.82, 2.24) is 0 Å². The minimum absolute atomic E-state index is 0. The first-order chi connectivity index (χ1) is 6.89. The van der Waals surface area contributed by atoms with Gasteiger partial charge >= 0.3 is 0 Å². The first kappa shape index (κ1) is 14.6. The van der Waals surface area contributed by atoms with Crippen molar-refractivity contribution in [2.24, 2.45) is 0 Å². The van der Waals surface area contributed by atoms with Gasteiger partial charge in [0.25, 0.3) is 0 Å². The molecule has 0 spiro atoms. The molecule has 0 bridgehead atoms. The molecule has 0 aromatic heterocycles. The molecule has 0 nitrogen and oxygen atoms in total. The number of allylic oxidation sites excluding steroid dienone is 8. The first-order valence-corrected chi connectivity index (χ1v) is 5.38. The van der Waals surface area contributed by atoms with E-state index in [1.165, 1.54) is 31.3 Å². The Balaban J connectivity index is 0.000000253. The molecular formula is C14H19Ir. The van der Waals surface area contributed by atoms with E-state index in [1.807, 2.05) is 12.2 Å². The van der Waals surface area contributed by atoms with E-state index in [0.717, 1.165) is 0 Å². The average molecular weight is 380 g/mol. The SMILES string of the molecule is C1=C\CC/C=C\CC/1.CC1=CC=C[CH]1.[Ir]. The van der Waals surface area contributed by atoms with Crippen molar-refractivity contribution in [3.63, 3.8) is 0 Å². The fourth-order valence-electron chi connectivity index (χ4n) is 1.33. The van der Waals surface area contributed by atoms with Gasteiger partial charge in [-0.25, -0.2) is 0 Å². The Kier molecular flexibility index (Phi) is 9.87.